The molecular weight excluding hydrogens is 492 g/mol. The number of hydrogen-bond acceptors (Lipinski definition) is 7. The highest BCUT2D eigenvalue weighted by Gasteiger charge is 2.21. The first-order valence-electron chi connectivity index (χ1n) is 9.63. The fourth-order valence-corrected chi connectivity index (χ4v) is 4.87. The number of anilines is 1. The van der Waals surface area contributed by atoms with E-state index in [-0.39, 0.29) is 28.1 Å². The second-order valence-electron chi connectivity index (χ2n) is 6.51. The van der Waals surface area contributed by atoms with Crippen molar-refractivity contribution in [2.45, 2.75) is 17.0 Å². The molecular formula is C21H16ClF2N5O2S2. The van der Waals surface area contributed by atoms with Crippen LogP contribution in [0.1, 0.15) is 23.0 Å². The highest BCUT2D eigenvalue weighted by atomic mass is 35.5. The number of halogens is 3. The lowest BCUT2D eigenvalue weighted by molar-refractivity contribution is 0.101. The first-order valence-corrected chi connectivity index (χ1v) is 11.8. The average Bonchev–Trinajstić information content (AvgIpc) is 3.41. The highest BCUT2D eigenvalue weighted by Crippen LogP contribution is 2.32. The predicted molar refractivity (Wildman–Crippen MR) is 124 cm³/mol. The number of ether oxygens (including phenoxy) is 1. The van der Waals surface area contributed by atoms with Crippen molar-refractivity contribution in [3.8, 4) is 11.4 Å². The van der Waals surface area contributed by atoms with E-state index in [0.717, 1.165) is 11.3 Å². The number of benzene rings is 2. The fourth-order valence-electron chi connectivity index (χ4n) is 2.78. The lowest BCUT2D eigenvalue weighted by atomic mass is 10.2. The zero-order valence-electron chi connectivity index (χ0n) is 17.1. The van der Waals surface area contributed by atoms with E-state index >= 15 is 0 Å². The average molecular weight is 508 g/mol. The molecule has 0 atom stereocenters. The number of carbonyl (C=O) groups excluding carboxylic acids is 1. The molecule has 0 spiro atoms. The zero-order valence-corrected chi connectivity index (χ0v) is 19.5. The smallest absolute Gasteiger partial charge is 0.281 e. The number of nitrogens with one attached hydrogen (secondary N) is 1. The van der Waals surface area contributed by atoms with Gasteiger partial charge in [-0.25, -0.2) is 13.5 Å². The monoisotopic (exact) mass is 507 g/mol. The van der Waals surface area contributed by atoms with Crippen LogP contribution in [0, 0.1) is 11.6 Å². The van der Waals surface area contributed by atoms with Crippen molar-refractivity contribution >= 4 is 45.7 Å². The van der Waals surface area contributed by atoms with Crippen LogP contribution in [-0.2, 0) is 5.75 Å². The number of rotatable bonds is 8. The Balaban J connectivity index is 1.47. The predicted octanol–water partition coefficient (Wildman–Crippen LogP) is 5.60. The summed E-state index contributed by atoms with van der Waals surface area (Å²) in [6.45, 7) is 2.11. The third-order valence-electron chi connectivity index (χ3n) is 4.32. The quantitative estimate of drug-likeness (QED) is 0.247. The third kappa shape index (κ3) is 5.49. The molecule has 0 aliphatic heterocycles. The maximum absolute atomic E-state index is 13.9. The second kappa shape index (κ2) is 10.3. The minimum atomic E-state index is -0.538. The largest absolute Gasteiger partial charge is 0.490 e. The van der Waals surface area contributed by atoms with E-state index < -0.39 is 11.7 Å². The van der Waals surface area contributed by atoms with Gasteiger partial charge in [0.15, 0.2) is 15.8 Å². The number of hydrogen-bond donors (Lipinski definition) is 1. The topological polar surface area (TPSA) is 81.9 Å². The molecule has 0 radical (unpaired) electrons. The summed E-state index contributed by atoms with van der Waals surface area (Å²) in [6.07, 6.45) is 1.55. The summed E-state index contributed by atoms with van der Waals surface area (Å²) in [5.74, 6) is -0.772. The van der Waals surface area contributed by atoms with E-state index in [1.807, 2.05) is 0 Å². The van der Waals surface area contributed by atoms with Crippen molar-refractivity contribution in [1.29, 1.82) is 0 Å². The van der Waals surface area contributed by atoms with Crippen molar-refractivity contribution in [3.05, 3.63) is 76.6 Å². The minimum Gasteiger partial charge on any atom is -0.490 e. The normalized spacial score (nSPS) is 10.9. The van der Waals surface area contributed by atoms with Crippen LogP contribution in [0.15, 0.2) is 53.0 Å². The molecule has 2 heterocycles. The van der Waals surface area contributed by atoms with Gasteiger partial charge in [0, 0.05) is 16.3 Å². The van der Waals surface area contributed by atoms with E-state index in [1.54, 1.807) is 25.3 Å². The van der Waals surface area contributed by atoms with Crippen LogP contribution in [0.4, 0.5) is 13.9 Å². The molecule has 12 heteroatoms. The van der Waals surface area contributed by atoms with Crippen LogP contribution in [0.3, 0.4) is 0 Å². The maximum Gasteiger partial charge on any atom is 0.281 e. The Hall–Kier alpha value is -3.02. The Labute approximate surface area is 200 Å². The third-order valence-corrected chi connectivity index (χ3v) is 6.67. The fraction of sp³-hybridized carbons (Fsp3) is 0.143. The van der Waals surface area contributed by atoms with Gasteiger partial charge in [0.25, 0.3) is 5.91 Å². The molecule has 0 fully saturated rings. The zero-order chi connectivity index (χ0) is 23.4. The molecule has 4 aromatic rings. The first-order chi connectivity index (χ1) is 15.9. The van der Waals surface area contributed by atoms with E-state index in [2.05, 4.69) is 20.6 Å². The summed E-state index contributed by atoms with van der Waals surface area (Å²) in [6, 6.07) is 10.2. The molecule has 0 bridgehead atoms. The lowest BCUT2D eigenvalue weighted by Gasteiger charge is -2.03. The Morgan fingerprint density at radius 2 is 2.00 bits per heavy atom. The van der Waals surface area contributed by atoms with Gasteiger partial charge in [-0.05, 0) is 43.3 Å². The Kier molecular flexibility index (Phi) is 7.21. The van der Waals surface area contributed by atoms with Crippen molar-refractivity contribution in [1.82, 2.24) is 20.0 Å². The molecule has 7 nitrogen and oxygen atoms in total. The summed E-state index contributed by atoms with van der Waals surface area (Å²) in [4.78, 5) is 12.8. The molecule has 170 valence electrons. The van der Waals surface area contributed by atoms with Gasteiger partial charge >= 0.3 is 0 Å². The van der Waals surface area contributed by atoms with Gasteiger partial charge in [0.1, 0.15) is 11.6 Å². The van der Waals surface area contributed by atoms with Gasteiger partial charge in [-0.15, -0.1) is 10.2 Å². The van der Waals surface area contributed by atoms with Crippen LogP contribution in [-0.4, -0.2) is 32.5 Å². The van der Waals surface area contributed by atoms with E-state index in [1.165, 1.54) is 46.8 Å². The van der Waals surface area contributed by atoms with Gasteiger partial charge in [0.05, 0.1) is 18.5 Å². The Bertz CT molecular complexity index is 1260. The number of nitrogens with zero attached hydrogens (tertiary/aromatic N) is 4. The summed E-state index contributed by atoms with van der Waals surface area (Å²) in [5, 5.41) is 15.5. The Morgan fingerprint density at radius 1 is 1.21 bits per heavy atom. The number of aromatic nitrogens is 4. The van der Waals surface area contributed by atoms with Crippen LogP contribution in [0.25, 0.3) is 5.69 Å². The summed E-state index contributed by atoms with van der Waals surface area (Å²) >= 11 is 8.44. The molecule has 0 aliphatic rings. The maximum atomic E-state index is 13.9. The van der Waals surface area contributed by atoms with Gasteiger partial charge < -0.3 is 4.74 Å². The van der Waals surface area contributed by atoms with Crippen LogP contribution >= 0.6 is 34.7 Å². The van der Waals surface area contributed by atoms with Crippen molar-refractivity contribution in [2.75, 3.05) is 11.9 Å². The van der Waals surface area contributed by atoms with Crippen LogP contribution in [0.2, 0.25) is 5.02 Å². The number of amides is 1. The molecule has 2 aromatic carbocycles. The van der Waals surface area contributed by atoms with Crippen molar-refractivity contribution in [2.24, 2.45) is 0 Å². The molecule has 2 aromatic heterocycles. The summed E-state index contributed by atoms with van der Waals surface area (Å²) < 4.78 is 34.6. The molecule has 4 rings (SSSR count). The molecule has 1 N–H and O–H groups in total. The number of carbonyl (C=O) groups is 1. The molecule has 0 unspecified atom stereocenters. The van der Waals surface area contributed by atoms with E-state index in [4.69, 9.17) is 16.3 Å². The molecule has 0 aliphatic carbocycles. The molecule has 0 saturated carbocycles. The minimum absolute atomic E-state index is 0.0451. The van der Waals surface area contributed by atoms with Crippen molar-refractivity contribution in [3.63, 3.8) is 0 Å². The molecule has 0 saturated heterocycles. The Morgan fingerprint density at radius 3 is 2.73 bits per heavy atom. The van der Waals surface area contributed by atoms with Gasteiger partial charge in [0.2, 0.25) is 5.13 Å². The van der Waals surface area contributed by atoms with Crippen LogP contribution < -0.4 is 10.1 Å². The second-order valence-corrected chi connectivity index (χ2v) is 9.12. The summed E-state index contributed by atoms with van der Waals surface area (Å²) in [5.41, 5.74) is 0.985. The van der Waals surface area contributed by atoms with Gasteiger partial charge in [-0.1, -0.05) is 40.8 Å². The van der Waals surface area contributed by atoms with E-state index in [9.17, 15) is 13.6 Å². The van der Waals surface area contributed by atoms with E-state index in [0.29, 0.717) is 27.2 Å². The SMILES string of the molecule is CCOc1cn(-c2ccc(F)cc2)nc1C(=O)Nc1nnc(SCc2c(F)cccc2Cl)s1. The first kappa shape index (κ1) is 23.1. The number of thioether (sulfide) groups is 1. The van der Waals surface area contributed by atoms with Crippen LogP contribution in [0.5, 0.6) is 5.75 Å². The lowest BCUT2D eigenvalue weighted by Crippen LogP contribution is -2.14. The standard InChI is InChI=1S/C21H16ClF2N5O2S2/c1-2-31-17-10-29(13-8-6-12(23)7-9-13)28-18(17)19(30)25-20-26-27-21(33-20)32-11-14-15(22)4-3-5-16(14)24/h3-10H,2,11H2,1H3,(H,25,26,30). The van der Waals surface area contributed by atoms with Crippen molar-refractivity contribution < 1.29 is 18.3 Å². The summed E-state index contributed by atoms with van der Waals surface area (Å²) in [7, 11) is 0. The highest BCUT2D eigenvalue weighted by molar-refractivity contribution is 8.00. The molecule has 1 amide bonds. The molecule has 33 heavy (non-hydrogen) atoms. The van der Waals surface area contributed by atoms with Gasteiger partial charge in [-0.3, -0.25) is 10.1 Å². The van der Waals surface area contributed by atoms with Gasteiger partial charge in [-0.2, -0.15) is 5.10 Å².